The Labute approximate surface area is 362 Å². The summed E-state index contributed by atoms with van der Waals surface area (Å²) in [6, 6.07) is 0. The fourth-order valence-corrected chi connectivity index (χ4v) is 6.48. The van der Waals surface area contributed by atoms with E-state index in [1.165, 1.54) is 167 Å². The van der Waals surface area contributed by atoms with Gasteiger partial charge in [-0.1, -0.05) is 206 Å². The van der Waals surface area contributed by atoms with E-state index in [1.807, 2.05) is 0 Å². The Morgan fingerprint density at radius 1 is 0.315 bits per heavy atom. The molecule has 0 heterocycles. The van der Waals surface area contributed by atoms with Crippen LogP contribution >= 0.6 is 0 Å². The number of carboxylic acid groups (broad SMARTS) is 4. The Morgan fingerprint density at radius 3 is 0.630 bits per heavy atom. The number of carbonyl (C=O) groups excluding carboxylic acids is 4. The van der Waals surface area contributed by atoms with Gasteiger partial charge < -0.3 is 39.6 Å². The number of hydrogen-bond acceptors (Lipinski definition) is 8. The molecule has 0 aromatic heterocycles. The van der Waals surface area contributed by atoms with Crippen molar-refractivity contribution in [1.82, 2.24) is 0 Å². The van der Waals surface area contributed by atoms with Gasteiger partial charge in [0.2, 0.25) is 0 Å². The molecular weight excluding hydrogens is 705 g/mol. The van der Waals surface area contributed by atoms with Gasteiger partial charge in [0.1, 0.15) is 0 Å². The summed E-state index contributed by atoms with van der Waals surface area (Å²) < 4.78 is 0. The second-order valence-corrected chi connectivity index (χ2v) is 14.7. The van der Waals surface area contributed by atoms with Crippen LogP contribution in [0.2, 0.25) is 0 Å². The van der Waals surface area contributed by atoms with Crippen LogP contribution < -0.4 is 20.4 Å². The average Bonchev–Trinajstić information content (AvgIpc) is 3.10. The second-order valence-electron chi connectivity index (χ2n) is 14.7. The van der Waals surface area contributed by atoms with Gasteiger partial charge in [0.05, 0.1) is 23.9 Å². The van der Waals surface area contributed by atoms with Crippen molar-refractivity contribution in [3.8, 4) is 0 Å². The molecule has 0 rings (SSSR count). The molecule has 0 spiro atoms. The zero-order chi connectivity index (χ0) is 38.9. The van der Waals surface area contributed by atoms with Crippen molar-refractivity contribution in [2.75, 3.05) is 0 Å². The van der Waals surface area contributed by atoms with Crippen molar-refractivity contribution >= 4 is 70.0 Å². The molecule has 0 saturated carbocycles. The molecule has 0 atom stereocenters. The maximum absolute atomic E-state index is 10.8. The molecular formula is C44H76Mg2O8. The van der Waals surface area contributed by atoms with Gasteiger partial charge in [-0.3, -0.25) is 0 Å². The molecule has 304 valence electrons. The normalized spacial score (nSPS) is 11.2. The summed E-state index contributed by atoms with van der Waals surface area (Å²) in [6.45, 7) is 4.51. The van der Waals surface area contributed by atoms with Crippen LogP contribution in [0.3, 0.4) is 0 Å². The van der Waals surface area contributed by atoms with Crippen molar-refractivity contribution < 1.29 is 39.6 Å². The SMILES string of the molecule is CCCCCCCCCCCCCCCCCC/C(=C/C(=O)[O-])C(=O)[O-].CCCCCCCCCCCCCCCCCC/C(=C/C(=O)[O-])C(=O)[O-].[Mg+2].[Mg+2]. The Morgan fingerprint density at radius 2 is 0.481 bits per heavy atom. The molecule has 0 bridgehead atoms. The van der Waals surface area contributed by atoms with Gasteiger partial charge in [-0.05, 0) is 49.0 Å². The first kappa shape index (κ1) is 59.6. The first-order chi connectivity index (χ1) is 25.1. The molecule has 8 nitrogen and oxygen atoms in total. The van der Waals surface area contributed by atoms with E-state index in [1.54, 1.807) is 0 Å². The summed E-state index contributed by atoms with van der Waals surface area (Å²) in [5.41, 5.74) is -0.342. The van der Waals surface area contributed by atoms with Crippen molar-refractivity contribution in [3.63, 3.8) is 0 Å². The first-order valence-corrected chi connectivity index (χ1v) is 21.4. The third-order valence-electron chi connectivity index (χ3n) is 9.71. The summed E-state index contributed by atoms with van der Waals surface area (Å²) in [6.07, 6.45) is 41.9. The molecule has 0 N–H and O–H groups in total. The number of carbonyl (C=O) groups is 4. The molecule has 0 saturated heterocycles. The van der Waals surface area contributed by atoms with E-state index in [0.29, 0.717) is 25.0 Å². The predicted molar refractivity (Wildman–Crippen MR) is 216 cm³/mol. The smallest absolute Gasteiger partial charge is 0.545 e. The Hall–Kier alpha value is -1.11. The van der Waals surface area contributed by atoms with Crippen LogP contribution in [0, 0.1) is 0 Å². The van der Waals surface area contributed by atoms with E-state index < -0.39 is 23.9 Å². The van der Waals surface area contributed by atoms with E-state index in [9.17, 15) is 39.6 Å². The molecule has 0 aromatic carbocycles. The summed E-state index contributed by atoms with van der Waals surface area (Å²) in [5, 5.41) is 42.3. The average molecular weight is 782 g/mol. The summed E-state index contributed by atoms with van der Waals surface area (Å²) in [7, 11) is 0. The maximum atomic E-state index is 10.8. The molecule has 0 aliphatic heterocycles. The largest absolute Gasteiger partial charge is 2.00 e. The van der Waals surface area contributed by atoms with Gasteiger partial charge in [-0.2, -0.15) is 0 Å². The summed E-state index contributed by atoms with van der Waals surface area (Å²) in [4.78, 5) is 42.3. The van der Waals surface area contributed by atoms with Crippen LogP contribution in [0.4, 0.5) is 0 Å². The number of rotatable bonds is 38. The van der Waals surface area contributed by atoms with E-state index in [-0.39, 0.29) is 70.1 Å². The molecule has 0 unspecified atom stereocenters. The Balaban J connectivity index is -0.000000446. The van der Waals surface area contributed by atoms with E-state index in [4.69, 9.17) is 0 Å². The van der Waals surface area contributed by atoms with Crippen LogP contribution in [0.1, 0.15) is 232 Å². The summed E-state index contributed by atoms with van der Waals surface area (Å²) in [5.74, 6) is -5.76. The molecule has 10 heteroatoms. The first-order valence-electron chi connectivity index (χ1n) is 21.4. The molecule has 0 amide bonds. The van der Waals surface area contributed by atoms with Crippen LogP contribution in [-0.4, -0.2) is 70.0 Å². The standard InChI is InChI=1S/2C22H40O4.2Mg/c2*1-2-3-4-5-6-7-8-9-10-11-12-13-14-15-16-17-18-20(22(25)26)19-21(23)24;;/h2*19H,2-18H2,1H3,(H,23,24)(H,25,26);;/q;;2*+2/p-4/b2*20-19-;;. The molecule has 0 radical (unpaired) electrons. The molecule has 0 aliphatic carbocycles. The molecule has 0 aliphatic rings. The van der Waals surface area contributed by atoms with E-state index >= 15 is 0 Å². The zero-order valence-corrected chi connectivity index (χ0v) is 37.7. The van der Waals surface area contributed by atoms with Gasteiger partial charge in [-0.15, -0.1) is 0 Å². The van der Waals surface area contributed by atoms with Crippen molar-refractivity contribution in [1.29, 1.82) is 0 Å². The second kappa shape index (κ2) is 48.0. The van der Waals surface area contributed by atoms with E-state index in [2.05, 4.69) is 13.8 Å². The minimum absolute atomic E-state index is 0. The fraction of sp³-hybridized carbons (Fsp3) is 0.818. The van der Waals surface area contributed by atoms with Gasteiger partial charge in [0.25, 0.3) is 0 Å². The van der Waals surface area contributed by atoms with Crippen molar-refractivity contribution in [2.24, 2.45) is 0 Å². The van der Waals surface area contributed by atoms with Crippen molar-refractivity contribution in [2.45, 2.75) is 232 Å². The third kappa shape index (κ3) is 48.9. The van der Waals surface area contributed by atoms with Gasteiger partial charge in [0, 0.05) is 0 Å². The number of aliphatic carboxylic acids is 4. The quantitative estimate of drug-likeness (QED) is 0.0357. The van der Waals surface area contributed by atoms with Crippen LogP contribution in [-0.2, 0) is 19.2 Å². The number of hydrogen-bond donors (Lipinski definition) is 0. The van der Waals surface area contributed by atoms with Crippen molar-refractivity contribution in [3.05, 3.63) is 23.3 Å². The monoisotopic (exact) mass is 781 g/mol. The van der Waals surface area contributed by atoms with E-state index in [0.717, 1.165) is 25.7 Å². The zero-order valence-electron chi connectivity index (χ0n) is 34.9. The maximum Gasteiger partial charge on any atom is 2.00 e. The minimum Gasteiger partial charge on any atom is -0.545 e. The van der Waals surface area contributed by atoms with Crippen LogP contribution in [0.15, 0.2) is 23.3 Å². The summed E-state index contributed by atoms with van der Waals surface area (Å²) >= 11 is 0. The van der Waals surface area contributed by atoms with Gasteiger partial charge >= 0.3 is 46.1 Å². The van der Waals surface area contributed by atoms with Crippen LogP contribution in [0.25, 0.3) is 0 Å². The Bertz CT molecular complexity index is 862. The molecule has 0 aromatic rings. The fourth-order valence-electron chi connectivity index (χ4n) is 6.48. The van der Waals surface area contributed by atoms with Crippen LogP contribution in [0.5, 0.6) is 0 Å². The minimum atomic E-state index is -1.47. The topological polar surface area (TPSA) is 161 Å². The number of unbranched alkanes of at least 4 members (excludes halogenated alkanes) is 30. The molecule has 0 fully saturated rings. The molecule has 54 heavy (non-hydrogen) atoms. The van der Waals surface area contributed by atoms with Gasteiger partial charge in [0.15, 0.2) is 0 Å². The number of carboxylic acids is 4. The predicted octanol–water partition coefficient (Wildman–Crippen LogP) is 7.37. The Kier molecular flexibility index (Phi) is 53.0. The third-order valence-corrected chi connectivity index (χ3v) is 9.71. The van der Waals surface area contributed by atoms with Gasteiger partial charge in [-0.25, -0.2) is 0 Å².